The summed E-state index contributed by atoms with van der Waals surface area (Å²) in [7, 11) is -3.19. The van der Waals surface area contributed by atoms with Crippen LogP contribution in [0.1, 0.15) is 13.3 Å². The minimum atomic E-state index is -3.19. The second kappa shape index (κ2) is 6.10. The van der Waals surface area contributed by atoms with Gasteiger partial charge in [0.05, 0.1) is 19.0 Å². The Morgan fingerprint density at radius 3 is 2.77 bits per heavy atom. The van der Waals surface area contributed by atoms with E-state index in [9.17, 15) is 8.42 Å². The Hall–Kier alpha value is -1.25. The van der Waals surface area contributed by atoms with Crippen LogP contribution in [0.15, 0.2) is 18.5 Å². The van der Waals surface area contributed by atoms with E-state index in [-0.39, 0.29) is 11.2 Å². The fourth-order valence-corrected chi connectivity index (χ4v) is 4.37. The van der Waals surface area contributed by atoms with E-state index in [0.29, 0.717) is 32.3 Å². The Morgan fingerprint density at radius 1 is 1.27 bits per heavy atom. The Bertz CT molecular complexity index is 610. The molecule has 22 heavy (non-hydrogen) atoms. The summed E-state index contributed by atoms with van der Waals surface area (Å²) in [5.41, 5.74) is -0.169. The zero-order valence-electron chi connectivity index (χ0n) is 12.8. The van der Waals surface area contributed by atoms with Gasteiger partial charge in [0.2, 0.25) is 16.0 Å². The van der Waals surface area contributed by atoms with Gasteiger partial charge in [0.1, 0.15) is 0 Å². The highest BCUT2D eigenvalue weighted by molar-refractivity contribution is 7.89. The molecule has 1 aromatic heterocycles. The number of aromatic nitrogens is 2. The number of hydrogen-bond donors (Lipinski definition) is 0. The van der Waals surface area contributed by atoms with Crippen LogP contribution in [0.5, 0.6) is 0 Å². The summed E-state index contributed by atoms with van der Waals surface area (Å²) >= 11 is 0. The molecule has 3 rings (SSSR count). The normalized spacial score (nSPS) is 27.2. The number of ether oxygens (including phenoxy) is 1. The van der Waals surface area contributed by atoms with Crippen molar-refractivity contribution in [1.29, 1.82) is 0 Å². The summed E-state index contributed by atoms with van der Waals surface area (Å²) in [5.74, 6) is 0.836. The van der Waals surface area contributed by atoms with E-state index in [1.54, 1.807) is 29.7 Å². The maximum absolute atomic E-state index is 12.2. The predicted molar refractivity (Wildman–Crippen MR) is 83.1 cm³/mol. The third-order valence-electron chi connectivity index (χ3n) is 4.44. The molecule has 2 saturated heterocycles. The van der Waals surface area contributed by atoms with Crippen molar-refractivity contribution in [1.82, 2.24) is 14.3 Å². The van der Waals surface area contributed by atoms with E-state index in [1.807, 2.05) is 0 Å². The average Bonchev–Trinajstić information content (AvgIpc) is 2.82. The average molecular weight is 326 g/mol. The van der Waals surface area contributed by atoms with Crippen LogP contribution >= 0.6 is 0 Å². The zero-order chi connectivity index (χ0) is 15.6. The first-order valence-corrected chi connectivity index (χ1v) is 9.23. The van der Waals surface area contributed by atoms with Gasteiger partial charge < -0.3 is 9.64 Å². The van der Waals surface area contributed by atoms with Crippen molar-refractivity contribution in [3.05, 3.63) is 18.5 Å². The van der Waals surface area contributed by atoms with Crippen molar-refractivity contribution < 1.29 is 13.2 Å². The second-order valence-corrected chi connectivity index (χ2v) is 8.26. The zero-order valence-corrected chi connectivity index (χ0v) is 13.6. The number of rotatable bonds is 3. The van der Waals surface area contributed by atoms with E-state index in [4.69, 9.17) is 4.74 Å². The molecular weight excluding hydrogens is 304 g/mol. The molecule has 0 aromatic carbocycles. The van der Waals surface area contributed by atoms with Gasteiger partial charge in [-0.3, -0.25) is 0 Å². The van der Waals surface area contributed by atoms with Gasteiger partial charge in [-0.2, -0.15) is 4.31 Å². The molecule has 1 aromatic rings. The lowest BCUT2D eigenvalue weighted by Gasteiger charge is -2.31. The SMILES string of the molecule is CCS(=O)(=O)N1CCOCC2(CCN(c3ncccn3)C2)C1. The fraction of sp³-hybridized carbons (Fsp3) is 0.714. The number of anilines is 1. The molecular formula is C14H22N4O3S. The number of hydrogen-bond acceptors (Lipinski definition) is 6. The summed E-state index contributed by atoms with van der Waals surface area (Å²) in [5, 5.41) is 0. The van der Waals surface area contributed by atoms with Crippen molar-refractivity contribution >= 4 is 16.0 Å². The Morgan fingerprint density at radius 2 is 2.05 bits per heavy atom. The lowest BCUT2D eigenvalue weighted by Crippen LogP contribution is -2.44. The van der Waals surface area contributed by atoms with Gasteiger partial charge in [0, 0.05) is 44.0 Å². The Kier molecular flexibility index (Phi) is 4.33. The van der Waals surface area contributed by atoms with Gasteiger partial charge in [0.25, 0.3) is 0 Å². The van der Waals surface area contributed by atoms with Gasteiger partial charge in [0.15, 0.2) is 0 Å². The maximum atomic E-state index is 12.2. The molecule has 0 saturated carbocycles. The smallest absolute Gasteiger partial charge is 0.225 e. The molecule has 2 fully saturated rings. The van der Waals surface area contributed by atoms with Crippen molar-refractivity contribution in [2.75, 3.05) is 50.0 Å². The lowest BCUT2D eigenvalue weighted by molar-refractivity contribution is 0.0807. The van der Waals surface area contributed by atoms with E-state index in [1.165, 1.54) is 0 Å². The largest absolute Gasteiger partial charge is 0.379 e. The molecule has 0 N–H and O–H groups in total. The molecule has 0 radical (unpaired) electrons. The Balaban J connectivity index is 1.78. The quantitative estimate of drug-likeness (QED) is 0.798. The standard InChI is InChI=1S/C14H22N4O3S/c1-2-22(19,20)18-8-9-21-12-14(11-18)4-7-17(10-14)13-15-5-3-6-16-13/h3,5-6H,2,4,7-12H2,1H3. The number of sulfonamides is 1. The molecule has 1 spiro atoms. The van der Waals surface area contributed by atoms with Crippen LogP contribution in [0.4, 0.5) is 5.95 Å². The first kappa shape index (κ1) is 15.6. The van der Waals surface area contributed by atoms with Crippen LogP contribution in [0.25, 0.3) is 0 Å². The topological polar surface area (TPSA) is 75.6 Å². The number of nitrogens with zero attached hydrogens (tertiary/aromatic N) is 4. The summed E-state index contributed by atoms with van der Waals surface area (Å²) < 4.78 is 31.8. The molecule has 122 valence electrons. The van der Waals surface area contributed by atoms with Crippen LogP contribution < -0.4 is 4.90 Å². The van der Waals surface area contributed by atoms with Crippen LogP contribution in [0, 0.1) is 5.41 Å². The van der Waals surface area contributed by atoms with Crippen LogP contribution in [0.2, 0.25) is 0 Å². The van der Waals surface area contributed by atoms with Gasteiger partial charge in [-0.05, 0) is 19.4 Å². The van der Waals surface area contributed by atoms with Crippen LogP contribution in [-0.2, 0) is 14.8 Å². The van der Waals surface area contributed by atoms with Crippen LogP contribution in [-0.4, -0.2) is 67.8 Å². The van der Waals surface area contributed by atoms with Crippen molar-refractivity contribution in [3.8, 4) is 0 Å². The highest BCUT2D eigenvalue weighted by Gasteiger charge is 2.43. The minimum absolute atomic E-state index is 0.134. The minimum Gasteiger partial charge on any atom is -0.379 e. The first-order valence-electron chi connectivity index (χ1n) is 7.62. The molecule has 2 aliphatic heterocycles. The molecule has 1 unspecified atom stereocenters. The fourth-order valence-electron chi connectivity index (χ4n) is 3.18. The third kappa shape index (κ3) is 3.09. The van der Waals surface area contributed by atoms with E-state index in [0.717, 1.165) is 19.5 Å². The van der Waals surface area contributed by atoms with Crippen molar-refractivity contribution in [3.63, 3.8) is 0 Å². The van der Waals surface area contributed by atoms with E-state index < -0.39 is 10.0 Å². The highest BCUT2D eigenvalue weighted by Crippen LogP contribution is 2.35. The maximum Gasteiger partial charge on any atom is 0.225 e. The molecule has 0 bridgehead atoms. The summed E-state index contributed by atoms with van der Waals surface area (Å²) in [6.07, 6.45) is 4.34. The van der Waals surface area contributed by atoms with Gasteiger partial charge in [-0.15, -0.1) is 0 Å². The van der Waals surface area contributed by atoms with Gasteiger partial charge in [-0.1, -0.05) is 0 Å². The van der Waals surface area contributed by atoms with Crippen molar-refractivity contribution in [2.24, 2.45) is 5.41 Å². The van der Waals surface area contributed by atoms with Crippen molar-refractivity contribution in [2.45, 2.75) is 13.3 Å². The summed E-state index contributed by atoms with van der Waals surface area (Å²) in [4.78, 5) is 10.7. The molecule has 3 heterocycles. The molecule has 0 amide bonds. The van der Waals surface area contributed by atoms with E-state index in [2.05, 4.69) is 14.9 Å². The van der Waals surface area contributed by atoms with Gasteiger partial charge in [-0.25, -0.2) is 18.4 Å². The van der Waals surface area contributed by atoms with Gasteiger partial charge >= 0.3 is 0 Å². The lowest BCUT2D eigenvalue weighted by atomic mass is 9.88. The van der Waals surface area contributed by atoms with Crippen LogP contribution in [0.3, 0.4) is 0 Å². The molecule has 8 heteroatoms. The summed E-state index contributed by atoms with van der Waals surface area (Å²) in [6.45, 7) is 5.26. The molecule has 2 aliphatic rings. The highest BCUT2D eigenvalue weighted by atomic mass is 32.2. The summed E-state index contributed by atoms with van der Waals surface area (Å²) in [6, 6.07) is 1.79. The van der Waals surface area contributed by atoms with E-state index >= 15 is 0 Å². The molecule has 1 atom stereocenters. The first-order chi connectivity index (χ1) is 10.5. The Labute approximate surface area is 131 Å². The monoisotopic (exact) mass is 326 g/mol. The third-order valence-corrected chi connectivity index (χ3v) is 6.26. The molecule has 7 nitrogen and oxygen atoms in total. The second-order valence-electron chi connectivity index (χ2n) is 6.01. The predicted octanol–water partition coefficient (Wildman–Crippen LogP) is 0.355. The molecule has 0 aliphatic carbocycles.